The number of carbonyl (C=O) groups is 1. The van der Waals surface area contributed by atoms with Crippen molar-refractivity contribution in [2.24, 2.45) is 0 Å². The van der Waals surface area contributed by atoms with Crippen molar-refractivity contribution in [2.45, 2.75) is 44.9 Å². The first kappa shape index (κ1) is 18.6. The summed E-state index contributed by atoms with van der Waals surface area (Å²) in [7, 11) is 0. The average molecular weight is 353 g/mol. The summed E-state index contributed by atoms with van der Waals surface area (Å²) in [5.74, 6) is 0.0367. The van der Waals surface area contributed by atoms with E-state index in [0.29, 0.717) is 5.56 Å². The zero-order valence-electron chi connectivity index (χ0n) is 15.6. The second-order valence-corrected chi connectivity index (χ2v) is 7.34. The van der Waals surface area contributed by atoms with Crippen molar-refractivity contribution in [3.8, 4) is 6.07 Å². The van der Waals surface area contributed by atoms with Gasteiger partial charge in [-0.05, 0) is 44.4 Å². The first-order chi connectivity index (χ1) is 12.6. The van der Waals surface area contributed by atoms with Crippen LogP contribution in [0.2, 0.25) is 0 Å². The molecule has 3 rings (SSSR count). The number of hydrogen-bond acceptors (Lipinski definition) is 4. The molecule has 2 fully saturated rings. The Bertz CT molecular complexity index is 699. The van der Waals surface area contributed by atoms with E-state index in [1.54, 1.807) is 18.2 Å². The first-order valence-electron chi connectivity index (χ1n) is 9.42. The minimum Gasteiger partial charge on any atom is -0.373 e. The molecular weight excluding hydrogens is 326 g/mol. The molecule has 26 heavy (non-hydrogen) atoms. The number of rotatable bonds is 4. The van der Waals surface area contributed by atoms with Crippen LogP contribution in [-0.2, 0) is 9.53 Å². The lowest BCUT2D eigenvalue weighted by Gasteiger charge is -2.38. The normalized spacial score (nSPS) is 27.0. The Morgan fingerprint density at radius 2 is 2.04 bits per heavy atom. The van der Waals surface area contributed by atoms with Crippen molar-refractivity contribution in [3.63, 3.8) is 0 Å². The Morgan fingerprint density at radius 1 is 1.31 bits per heavy atom. The molecule has 5 heteroatoms. The topological polar surface area (TPSA) is 56.6 Å². The van der Waals surface area contributed by atoms with Crippen LogP contribution in [0.3, 0.4) is 0 Å². The third kappa shape index (κ3) is 4.51. The van der Waals surface area contributed by atoms with Gasteiger partial charge in [-0.1, -0.05) is 18.2 Å². The van der Waals surface area contributed by atoms with Gasteiger partial charge in [0.25, 0.3) is 0 Å². The molecule has 2 aliphatic heterocycles. The van der Waals surface area contributed by atoms with E-state index in [9.17, 15) is 4.79 Å². The van der Waals surface area contributed by atoms with E-state index < -0.39 is 0 Å². The smallest absolute Gasteiger partial charge is 0.246 e. The molecule has 2 aliphatic rings. The molecule has 1 amide bonds. The fourth-order valence-corrected chi connectivity index (χ4v) is 4.05. The molecule has 0 aromatic heterocycles. The van der Waals surface area contributed by atoms with Gasteiger partial charge in [-0.15, -0.1) is 0 Å². The number of hydrogen-bond donors (Lipinski definition) is 0. The number of amides is 1. The average Bonchev–Trinajstić information content (AvgIpc) is 3.07. The molecule has 2 heterocycles. The number of nitriles is 1. The van der Waals surface area contributed by atoms with E-state index in [0.717, 1.165) is 44.6 Å². The van der Waals surface area contributed by atoms with E-state index in [1.165, 1.54) is 0 Å². The standard InChI is InChI=1S/C21H27N3O2/c1-16-13-23(14-17(2)26-16)15-20-8-5-11-24(20)21(25)10-9-18-6-3-4-7-19(18)12-22/h3-4,6-7,9-10,16-17,20H,5,8,11,13-15H2,1-2H3/b10-9+. The van der Waals surface area contributed by atoms with Gasteiger partial charge in [-0.25, -0.2) is 0 Å². The Labute approximate surface area is 155 Å². The van der Waals surface area contributed by atoms with Crippen LogP contribution in [0, 0.1) is 11.3 Å². The third-order valence-electron chi connectivity index (χ3n) is 5.11. The SMILES string of the molecule is CC1CN(CC2CCCN2C(=O)/C=C/c2ccccc2C#N)CC(C)O1. The molecular formula is C21H27N3O2. The molecule has 0 aliphatic carbocycles. The van der Waals surface area contributed by atoms with Gasteiger partial charge < -0.3 is 9.64 Å². The lowest BCUT2D eigenvalue weighted by Crippen LogP contribution is -2.50. The third-order valence-corrected chi connectivity index (χ3v) is 5.11. The van der Waals surface area contributed by atoms with Gasteiger partial charge in [-0.3, -0.25) is 9.69 Å². The molecule has 3 atom stereocenters. The summed E-state index contributed by atoms with van der Waals surface area (Å²) in [6.07, 6.45) is 5.95. The Morgan fingerprint density at radius 3 is 2.77 bits per heavy atom. The van der Waals surface area contributed by atoms with Crippen molar-refractivity contribution >= 4 is 12.0 Å². The zero-order chi connectivity index (χ0) is 18.5. The lowest BCUT2D eigenvalue weighted by molar-refractivity contribution is -0.127. The highest BCUT2D eigenvalue weighted by molar-refractivity contribution is 5.92. The van der Waals surface area contributed by atoms with Crippen molar-refractivity contribution in [1.82, 2.24) is 9.80 Å². The first-order valence-corrected chi connectivity index (χ1v) is 9.42. The van der Waals surface area contributed by atoms with Gasteiger partial charge in [-0.2, -0.15) is 5.26 Å². The largest absolute Gasteiger partial charge is 0.373 e. The summed E-state index contributed by atoms with van der Waals surface area (Å²) >= 11 is 0. The molecule has 138 valence electrons. The summed E-state index contributed by atoms with van der Waals surface area (Å²) in [6.45, 7) is 7.78. The number of likely N-dealkylation sites (tertiary alicyclic amines) is 1. The molecule has 0 N–H and O–H groups in total. The highest BCUT2D eigenvalue weighted by Gasteiger charge is 2.31. The van der Waals surface area contributed by atoms with Gasteiger partial charge >= 0.3 is 0 Å². The highest BCUT2D eigenvalue weighted by atomic mass is 16.5. The quantitative estimate of drug-likeness (QED) is 0.781. The summed E-state index contributed by atoms with van der Waals surface area (Å²) in [4.78, 5) is 17.1. The molecule has 1 aromatic carbocycles. The van der Waals surface area contributed by atoms with Crippen molar-refractivity contribution < 1.29 is 9.53 Å². The molecule has 2 saturated heterocycles. The molecule has 1 aromatic rings. The molecule has 3 unspecified atom stereocenters. The van der Waals surface area contributed by atoms with Crippen molar-refractivity contribution in [3.05, 3.63) is 41.5 Å². The van der Waals surface area contributed by atoms with Crippen LogP contribution in [0.1, 0.15) is 37.8 Å². The van der Waals surface area contributed by atoms with Gasteiger partial charge in [0.05, 0.1) is 23.8 Å². The minimum atomic E-state index is 0.0367. The summed E-state index contributed by atoms with van der Waals surface area (Å²) < 4.78 is 5.80. The summed E-state index contributed by atoms with van der Waals surface area (Å²) in [5.41, 5.74) is 1.38. The van der Waals surface area contributed by atoms with Crippen molar-refractivity contribution in [1.29, 1.82) is 5.26 Å². The number of morpholine rings is 1. The van der Waals surface area contributed by atoms with Crippen LogP contribution in [0.15, 0.2) is 30.3 Å². The van der Waals surface area contributed by atoms with Gasteiger partial charge in [0.15, 0.2) is 0 Å². The van der Waals surface area contributed by atoms with Gasteiger partial charge in [0, 0.05) is 38.3 Å². The fourth-order valence-electron chi connectivity index (χ4n) is 4.05. The molecule has 5 nitrogen and oxygen atoms in total. The van der Waals surface area contributed by atoms with Crippen LogP contribution in [0.5, 0.6) is 0 Å². The molecule has 0 saturated carbocycles. The van der Waals surface area contributed by atoms with Gasteiger partial charge in [0.1, 0.15) is 0 Å². The number of ether oxygens (including phenoxy) is 1. The maximum absolute atomic E-state index is 12.7. The van der Waals surface area contributed by atoms with E-state index >= 15 is 0 Å². The predicted molar refractivity (Wildman–Crippen MR) is 101 cm³/mol. The lowest BCUT2D eigenvalue weighted by atomic mass is 10.1. The zero-order valence-corrected chi connectivity index (χ0v) is 15.6. The van der Waals surface area contributed by atoms with Crippen LogP contribution < -0.4 is 0 Å². The van der Waals surface area contributed by atoms with Crippen LogP contribution in [0.4, 0.5) is 0 Å². The Balaban J connectivity index is 1.63. The monoisotopic (exact) mass is 353 g/mol. The number of benzene rings is 1. The minimum absolute atomic E-state index is 0.0367. The summed E-state index contributed by atoms with van der Waals surface area (Å²) in [6, 6.07) is 9.77. The maximum Gasteiger partial charge on any atom is 0.246 e. The van der Waals surface area contributed by atoms with Crippen LogP contribution in [-0.4, -0.2) is 60.1 Å². The van der Waals surface area contributed by atoms with Crippen molar-refractivity contribution in [2.75, 3.05) is 26.2 Å². The van der Waals surface area contributed by atoms with E-state index in [4.69, 9.17) is 10.00 Å². The Kier molecular flexibility index (Phi) is 6.08. The van der Waals surface area contributed by atoms with Crippen LogP contribution >= 0.6 is 0 Å². The van der Waals surface area contributed by atoms with Gasteiger partial charge in [0.2, 0.25) is 5.91 Å². The Hall–Kier alpha value is -2.16. The number of carbonyl (C=O) groups excluding carboxylic acids is 1. The second kappa shape index (κ2) is 8.48. The predicted octanol–water partition coefficient (Wildman–Crippen LogP) is 2.67. The van der Waals surface area contributed by atoms with Crippen LogP contribution in [0.25, 0.3) is 6.08 Å². The van der Waals surface area contributed by atoms with E-state index in [-0.39, 0.29) is 24.2 Å². The molecule has 0 radical (unpaired) electrons. The highest BCUT2D eigenvalue weighted by Crippen LogP contribution is 2.21. The number of nitrogens with zero attached hydrogens (tertiary/aromatic N) is 3. The summed E-state index contributed by atoms with van der Waals surface area (Å²) in [5, 5.41) is 9.17. The van der Waals surface area contributed by atoms with E-state index in [2.05, 4.69) is 24.8 Å². The molecule has 0 bridgehead atoms. The molecule has 0 spiro atoms. The second-order valence-electron chi connectivity index (χ2n) is 7.34. The van der Waals surface area contributed by atoms with E-state index in [1.807, 2.05) is 23.1 Å². The maximum atomic E-state index is 12.7. The fraction of sp³-hybridized carbons (Fsp3) is 0.524.